The maximum atomic E-state index is 13.2. The number of ketones is 1. The van der Waals surface area contributed by atoms with Gasteiger partial charge in [-0.05, 0) is 23.6 Å². The van der Waals surface area contributed by atoms with Crippen LogP contribution in [0.25, 0.3) is 0 Å². The molecular weight excluding hydrogens is 218 g/mol. The maximum Gasteiger partial charge on any atom is 0.196 e. The number of thiophene rings is 1. The van der Waals surface area contributed by atoms with Crippen LogP contribution in [0.4, 0.5) is 8.78 Å². The summed E-state index contributed by atoms with van der Waals surface area (Å²) in [5, 5.41) is 3.36. The highest BCUT2D eigenvalue weighted by atomic mass is 32.1. The van der Waals surface area contributed by atoms with Crippen molar-refractivity contribution in [2.24, 2.45) is 0 Å². The smallest absolute Gasteiger partial charge is 0.196 e. The highest BCUT2D eigenvalue weighted by molar-refractivity contribution is 7.08. The van der Waals surface area contributed by atoms with Gasteiger partial charge in [0.1, 0.15) is 11.6 Å². The average molecular weight is 224 g/mol. The van der Waals surface area contributed by atoms with E-state index in [-0.39, 0.29) is 5.56 Å². The quantitative estimate of drug-likeness (QED) is 0.715. The van der Waals surface area contributed by atoms with Gasteiger partial charge in [-0.1, -0.05) is 0 Å². The van der Waals surface area contributed by atoms with Gasteiger partial charge in [0, 0.05) is 17.0 Å². The molecule has 0 aliphatic rings. The van der Waals surface area contributed by atoms with Crippen LogP contribution in [0.3, 0.4) is 0 Å². The second kappa shape index (κ2) is 3.90. The summed E-state index contributed by atoms with van der Waals surface area (Å²) in [5.74, 6) is -1.94. The standard InChI is InChI=1S/C11H6F2OS/c12-8-1-2-9(10(13)5-8)11(14)7-3-4-15-6-7/h1-6H. The Kier molecular flexibility index (Phi) is 2.60. The molecule has 1 heterocycles. The summed E-state index contributed by atoms with van der Waals surface area (Å²) in [6, 6.07) is 4.54. The predicted molar refractivity (Wildman–Crippen MR) is 54.1 cm³/mol. The van der Waals surface area contributed by atoms with Gasteiger partial charge in [-0.15, -0.1) is 0 Å². The molecule has 15 heavy (non-hydrogen) atoms. The Morgan fingerprint density at radius 1 is 1.20 bits per heavy atom. The summed E-state index contributed by atoms with van der Waals surface area (Å²) in [5.41, 5.74) is 0.320. The van der Waals surface area contributed by atoms with Crippen LogP contribution in [0.15, 0.2) is 35.0 Å². The van der Waals surface area contributed by atoms with Gasteiger partial charge < -0.3 is 0 Å². The molecule has 2 aromatic rings. The summed E-state index contributed by atoms with van der Waals surface area (Å²) < 4.78 is 25.8. The fraction of sp³-hybridized carbons (Fsp3) is 0. The Morgan fingerprint density at radius 3 is 2.60 bits per heavy atom. The van der Waals surface area contributed by atoms with Crippen molar-refractivity contribution in [3.05, 3.63) is 57.8 Å². The average Bonchev–Trinajstić information content (AvgIpc) is 2.69. The first kappa shape index (κ1) is 9.98. The Hall–Kier alpha value is -1.55. The molecule has 1 aromatic carbocycles. The lowest BCUT2D eigenvalue weighted by atomic mass is 10.1. The summed E-state index contributed by atoms with van der Waals surface area (Å²) in [6.45, 7) is 0. The van der Waals surface area contributed by atoms with Crippen molar-refractivity contribution >= 4 is 17.1 Å². The van der Waals surface area contributed by atoms with E-state index < -0.39 is 17.4 Å². The Morgan fingerprint density at radius 2 is 2.00 bits per heavy atom. The van der Waals surface area contributed by atoms with Crippen molar-refractivity contribution in [3.8, 4) is 0 Å². The van der Waals surface area contributed by atoms with Gasteiger partial charge in [0.25, 0.3) is 0 Å². The highest BCUT2D eigenvalue weighted by Crippen LogP contribution is 2.16. The molecule has 0 N–H and O–H groups in total. The van der Waals surface area contributed by atoms with Crippen molar-refractivity contribution in [3.63, 3.8) is 0 Å². The molecule has 0 atom stereocenters. The second-order valence-electron chi connectivity index (χ2n) is 2.97. The molecule has 0 aliphatic carbocycles. The van der Waals surface area contributed by atoms with Gasteiger partial charge >= 0.3 is 0 Å². The minimum absolute atomic E-state index is 0.102. The zero-order valence-corrected chi connectivity index (χ0v) is 8.35. The molecule has 0 aliphatic heterocycles. The number of halogens is 2. The SMILES string of the molecule is O=C(c1ccsc1)c1ccc(F)cc1F. The molecule has 0 saturated heterocycles. The van der Waals surface area contributed by atoms with Crippen LogP contribution < -0.4 is 0 Å². The molecule has 0 bridgehead atoms. The Bertz CT molecular complexity index is 491. The minimum atomic E-state index is -0.828. The third kappa shape index (κ3) is 1.94. The number of carbonyl (C=O) groups is 1. The van der Waals surface area contributed by atoms with Gasteiger partial charge in [0.15, 0.2) is 5.78 Å². The maximum absolute atomic E-state index is 13.2. The molecular formula is C11H6F2OS. The van der Waals surface area contributed by atoms with Crippen molar-refractivity contribution in [1.82, 2.24) is 0 Å². The monoisotopic (exact) mass is 224 g/mol. The third-order valence-electron chi connectivity index (χ3n) is 1.96. The minimum Gasteiger partial charge on any atom is -0.288 e. The third-order valence-corrected chi connectivity index (χ3v) is 2.64. The van der Waals surface area contributed by atoms with Crippen molar-refractivity contribution in [2.75, 3.05) is 0 Å². The lowest BCUT2D eigenvalue weighted by molar-refractivity contribution is 0.103. The van der Waals surface area contributed by atoms with Crippen LogP contribution in [0.5, 0.6) is 0 Å². The molecule has 0 radical (unpaired) electrons. The number of rotatable bonds is 2. The van der Waals surface area contributed by atoms with Crippen LogP contribution in [-0.4, -0.2) is 5.78 Å². The lowest BCUT2D eigenvalue weighted by Gasteiger charge is -2.00. The largest absolute Gasteiger partial charge is 0.288 e. The number of hydrogen-bond acceptors (Lipinski definition) is 2. The van der Waals surface area contributed by atoms with Crippen LogP contribution in [0.2, 0.25) is 0 Å². The molecule has 0 amide bonds. The second-order valence-corrected chi connectivity index (χ2v) is 3.75. The molecule has 0 saturated carbocycles. The van der Waals surface area contributed by atoms with Crippen LogP contribution >= 0.6 is 11.3 Å². The van der Waals surface area contributed by atoms with Crippen molar-refractivity contribution < 1.29 is 13.6 Å². The van der Waals surface area contributed by atoms with Gasteiger partial charge in [-0.2, -0.15) is 11.3 Å². The van der Waals surface area contributed by atoms with E-state index in [4.69, 9.17) is 0 Å². The summed E-state index contributed by atoms with van der Waals surface area (Å²) in [7, 11) is 0. The highest BCUT2D eigenvalue weighted by Gasteiger charge is 2.14. The Labute approximate surface area is 89.0 Å². The van der Waals surface area contributed by atoms with E-state index in [0.717, 1.165) is 12.1 Å². The molecule has 0 unspecified atom stereocenters. The number of benzene rings is 1. The van der Waals surface area contributed by atoms with E-state index in [9.17, 15) is 13.6 Å². The van der Waals surface area contributed by atoms with E-state index in [1.54, 1.807) is 16.8 Å². The van der Waals surface area contributed by atoms with E-state index in [0.29, 0.717) is 11.6 Å². The molecule has 2 rings (SSSR count). The van der Waals surface area contributed by atoms with Crippen LogP contribution in [0.1, 0.15) is 15.9 Å². The van der Waals surface area contributed by atoms with Crippen LogP contribution in [0, 0.1) is 11.6 Å². The van der Waals surface area contributed by atoms with Crippen molar-refractivity contribution in [2.45, 2.75) is 0 Å². The van der Waals surface area contributed by atoms with Gasteiger partial charge in [0.05, 0.1) is 5.56 Å². The molecule has 76 valence electrons. The van der Waals surface area contributed by atoms with Gasteiger partial charge in [-0.3, -0.25) is 4.79 Å². The van der Waals surface area contributed by atoms with Gasteiger partial charge in [-0.25, -0.2) is 8.78 Å². The van der Waals surface area contributed by atoms with E-state index in [2.05, 4.69) is 0 Å². The van der Waals surface area contributed by atoms with Crippen LogP contribution in [-0.2, 0) is 0 Å². The lowest BCUT2D eigenvalue weighted by Crippen LogP contribution is -2.03. The number of hydrogen-bond donors (Lipinski definition) is 0. The van der Waals surface area contributed by atoms with Crippen molar-refractivity contribution in [1.29, 1.82) is 0 Å². The molecule has 1 aromatic heterocycles. The van der Waals surface area contributed by atoms with Gasteiger partial charge in [0.2, 0.25) is 0 Å². The first-order chi connectivity index (χ1) is 7.18. The predicted octanol–water partition coefficient (Wildman–Crippen LogP) is 3.26. The van der Waals surface area contributed by atoms with E-state index in [1.807, 2.05) is 0 Å². The van der Waals surface area contributed by atoms with E-state index in [1.165, 1.54) is 11.3 Å². The topological polar surface area (TPSA) is 17.1 Å². The Balaban J connectivity index is 2.42. The first-order valence-corrected chi connectivity index (χ1v) is 5.15. The summed E-state index contributed by atoms with van der Waals surface area (Å²) >= 11 is 1.35. The normalized spacial score (nSPS) is 10.3. The summed E-state index contributed by atoms with van der Waals surface area (Å²) in [6.07, 6.45) is 0. The molecule has 0 fully saturated rings. The fourth-order valence-corrected chi connectivity index (χ4v) is 1.86. The zero-order chi connectivity index (χ0) is 10.8. The molecule has 0 spiro atoms. The molecule has 4 heteroatoms. The molecule has 1 nitrogen and oxygen atoms in total. The number of carbonyl (C=O) groups excluding carboxylic acids is 1. The summed E-state index contributed by atoms with van der Waals surface area (Å²) in [4.78, 5) is 11.7. The first-order valence-electron chi connectivity index (χ1n) is 4.20. The fourth-order valence-electron chi connectivity index (χ4n) is 1.22. The zero-order valence-electron chi connectivity index (χ0n) is 7.54. The van der Waals surface area contributed by atoms with E-state index >= 15 is 0 Å².